The third-order valence-electron chi connectivity index (χ3n) is 8.24. The maximum atomic E-state index is 13.4. The highest BCUT2D eigenvalue weighted by molar-refractivity contribution is 8.01. The molecule has 4 bridgehead atoms. The van der Waals surface area contributed by atoms with Gasteiger partial charge >= 0.3 is 0 Å². The van der Waals surface area contributed by atoms with Gasteiger partial charge in [-0.05, 0) is 67.9 Å². The number of oxime groups is 1. The lowest BCUT2D eigenvalue weighted by Crippen LogP contribution is -2.63. The Bertz CT molecular complexity index is 813. The molecule has 0 spiro atoms. The first kappa shape index (κ1) is 23.3. The molecule has 8 nitrogen and oxygen atoms in total. The highest BCUT2D eigenvalue weighted by atomic mass is 32.2. The van der Waals surface area contributed by atoms with Gasteiger partial charge in [-0.15, -0.1) is 11.8 Å². The van der Waals surface area contributed by atoms with Crippen molar-refractivity contribution in [1.29, 1.82) is 0 Å². The van der Waals surface area contributed by atoms with E-state index in [9.17, 15) is 14.7 Å². The van der Waals surface area contributed by atoms with Gasteiger partial charge in [0.25, 0.3) is 5.91 Å². The summed E-state index contributed by atoms with van der Waals surface area (Å²) in [5, 5.41) is 18.5. The molecule has 5 fully saturated rings. The number of ether oxygens (including phenoxy) is 1. The lowest BCUT2D eigenvalue weighted by molar-refractivity contribution is -0.150. The van der Waals surface area contributed by atoms with Crippen LogP contribution in [0.1, 0.15) is 71.6 Å². The van der Waals surface area contributed by atoms with Crippen LogP contribution in [-0.2, 0) is 19.2 Å². The Morgan fingerprint density at radius 3 is 2.55 bits per heavy atom. The molecule has 4 unspecified atom stereocenters. The number of nitrogens with zero attached hydrogens (tertiary/aromatic N) is 1. The summed E-state index contributed by atoms with van der Waals surface area (Å²) < 4.78 is 6.01. The highest BCUT2D eigenvalue weighted by Gasteiger charge is 2.56. The molecule has 5 aliphatic carbocycles. The zero-order valence-electron chi connectivity index (χ0n) is 19.6. The molecule has 4 atom stereocenters. The number of rotatable bonds is 8. The Labute approximate surface area is 199 Å². The van der Waals surface area contributed by atoms with Gasteiger partial charge in [0.2, 0.25) is 17.9 Å². The normalized spacial score (nSPS) is 39.5. The predicted molar refractivity (Wildman–Crippen MR) is 125 cm³/mol. The third-order valence-corrected chi connectivity index (χ3v) is 9.84. The summed E-state index contributed by atoms with van der Waals surface area (Å²) in [5.74, 6) is 1.22. The van der Waals surface area contributed by atoms with Gasteiger partial charge in [-0.3, -0.25) is 9.59 Å². The number of aliphatic hydroxyl groups is 1. The van der Waals surface area contributed by atoms with E-state index in [1.54, 1.807) is 11.8 Å². The number of thioether (sulfide) groups is 1. The van der Waals surface area contributed by atoms with E-state index in [0.29, 0.717) is 28.9 Å². The van der Waals surface area contributed by atoms with Crippen molar-refractivity contribution in [1.82, 2.24) is 5.32 Å². The van der Waals surface area contributed by atoms with Crippen molar-refractivity contribution < 1.29 is 24.3 Å². The fourth-order valence-corrected chi connectivity index (χ4v) is 8.30. The number of carbonyl (C=O) groups is 2. The van der Waals surface area contributed by atoms with Crippen molar-refractivity contribution in [3.63, 3.8) is 0 Å². The van der Waals surface area contributed by atoms with Crippen LogP contribution in [0.3, 0.4) is 0 Å². The first-order valence-corrected chi connectivity index (χ1v) is 13.4. The highest BCUT2D eigenvalue weighted by Crippen LogP contribution is 2.55. The zero-order chi connectivity index (χ0) is 23.4. The smallest absolute Gasteiger partial charge is 0.265 e. The lowest BCUT2D eigenvalue weighted by Gasteiger charge is -2.58. The molecule has 184 valence electrons. The molecule has 0 aromatic heterocycles. The van der Waals surface area contributed by atoms with E-state index in [1.807, 2.05) is 13.8 Å². The number of carbonyl (C=O) groups excluding carboxylic acids is 2. The van der Waals surface area contributed by atoms with Crippen LogP contribution >= 0.6 is 11.8 Å². The van der Waals surface area contributed by atoms with Gasteiger partial charge in [0, 0.05) is 23.1 Å². The van der Waals surface area contributed by atoms with E-state index in [-0.39, 0.29) is 36.1 Å². The molecule has 6 rings (SSSR count). The van der Waals surface area contributed by atoms with E-state index in [1.165, 1.54) is 6.42 Å². The van der Waals surface area contributed by atoms with Crippen LogP contribution in [0.5, 0.6) is 0 Å². The first-order valence-electron chi connectivity index (χ1n) is 12.4. The molecule has 9 heteroatoms. The van der Waals surface area contributed by atoms with Gasteiger partial charge in [0.05, 0.1) is 12.2 Å². The number of hydrogen-bond acceptors (Lipinski definition) is 7. The second kappa shape index (κ2) is 8.63. The second-order valence-electron chi connectivity index (χ2n) is 11.9. The maximum Gasteiger partial charge on any atom is 0.265 e. The number of hydrogen-bond donors (Lipinski definition) is 3. The number of amides is 2. The van der Waals surface area contributed by atoms with Gasteiger partial charge in [0.1, 0.15) is 5.25 Å². The Hall–Kier alpha value is -1.48. The summed E-state index contributed by atoms with van der Waals surface area (Å²) in [6.07, 6.45) is 7.64. The minimum absolute atomic E-state index is 0.103. The van der Waals surface area contributed by atoms with Crippen molar-refractivity contribution in [2.24, 2.45) is 34.1 Å². The van der Waals surface area contributed by atoms with Crippen LogP contribution in [-0.4, -0.2) is 57.7 Å². The molecule has 0 radical (unpaired) electrons. The third kappa shape index (κ3) is 4.85. The Morgan fingerprint density at radius 2 is 1.97 bits per heavy atom. The largest absolute Gasteiger partial charge is 0.477 e. The summed E-state index contributed by atoms with van der Waals surface area (Å²) in [7, 11) is 0. The fourth-order valence-electron chi connectivity index (χ4n) is 6.74. The van der Waals surface area contributed by atoms with E-state index >= 15 is 0 Å². The molecule has 1 heterocycles. The van der Waals surface area contributed by atoms with Crippen molar-refractivity contribution in [2.75, 3.05) is 6.61 Å². The standard InChI is InChI=1S/C24H37N3O5S/c1-23(2,11-17(25)28)12-31-22-20(33-16-4-3-5-16)19(32-27-22)21(29)26-18-14-6-13-7-15(18)10-24(30,8-13)9-14/h13-16,18-20,30H,3-12H2,1-2H3,(H2,25,28)(H,26,29). The quantitative estimate of drug-likeness (QED) is 0.491. The number of nitrogens with two attached hydrogens (primary N) is 1. The Balaban J connectivity index is 1.23. The van der Waals surface area contributed by atoms with Crippen molar-refractivity contribution in [2.45, 2.75) is 99.9 Å². The van der Waals surface area contributed by atoms with Gasteiger partial charge in [0.15, 0.2) is 0 Å². The second-order valence-corrected chi connectivity index (χ2v) is 13.3. The van der Waals surface area contributed by atoms with Crippen LogP contribution in [0.2, 0.25) is 0 Å². The van der Waals surface area contributed by atoms with Crippen molar-refractivity contribution in [3.05, 3.63) is 0 Å². The summed E-state index contributed by atoms with van der Waals surface area (Å²) >= 11 is 1.72. The molecule has 0 saturated heterocycles. The van der Waals surface area contributed by atoms with Crippen LogP contribution in [0, 0.1) is 23.2 Å². The molecule has 0 aromatic rings. The van der Waals surface area contributed by atoms with E-state index < -0.39 is 17.1 Å². The monoisotopic (exact) mass is 479 g/mol. The van der Waals surface area contributed by atoms with Gasteiger partial charge in [-0.1, -0.05) is 20.3 Å². The first-order chi connectivity index (χ1) is 15.6. The molecular weight excluding hydrogens is 442 g/mol. The zero-order valence-corrected chi connectivity index (χ0v) is 20.4. The Kier molecular flexibility index (Phi) is 6.08. The number of primary amides is 1. The Morgan fingerprint density at radius 1 is 1.27 bits per heavy atom. The minimum Gasteiger partial charge on any atom is -0.477 e. The van der Waals surface area contributed by atoms with Crippen LogP contribution in [0.15, 0.2) is 5.16 Å². The summed E-state index contributed by atoms with van der Waals surface area (Å²) in [5.41, 5.74) is 4.42. The molecule has 33 heavy (non-hydrogen) atoms. The lowest BCUT2D eigenvalue weighted by atomic mass is 9.52. The predicted octanol–water partition coefficient (Wildman–Crippen LogP) is 2.33. The van der Waals surface area contributed by atoms with Gasteiger partial charge < -0.3 is 25.7 Å². The van der Waals surface area contributed by atoms with Crippen LogP contribution in [0.4, 0.5) is 0 Å². The van der Waals surface area contributed by atoms with E-state index in [0.717, 1.165) is 44.9 Å². The minimum atomic E-state index is -0.717. The van der Waals surface area contributed by atoms with E-state index in [2.05, 4.69) is 10.5 Å². The van der Waals surface area contributed by atoms with E-state index in [4.69, 9.17) is 15.3 Å². The van der Waals surface area contributed by atoms with Crippen LogP contribution < -0.4 is 11.1 Å². The van der Waals surface area contributed by atoms with Gasteiger partial charge in [-0.25, -0.2) is 0 Å². The molecule has 5 saturated carbocycles. The average Bonchev–Trinajstić information content (AvgIpc) is 3.06. The van der Waals surface area contributed by atoms with Gasteiger partial charge in [-0.2, -0.15) is 0 Å². The topological polar surface area (TPSA) is 123 Å². The molecular formula is C24H37N3O5S. The molecule has 2 amide bonds. The maximum absolute atomic E-state index is 13.4. The van der Waals surface area contributed by atoms with Crippen molar-refractivity contribution in [3.8, 4) is 0 Å². The number of nitrogens with one attached hydrogen (secondary N) is 1. The summed E-state index contributed by atoms with van der Waals surface area (Å²) in [4.78, 5) is 30.4. The molecule has 6 aliphatic rings. The summed E-state index contributed by atoms with van der Waals surface area (Å²) in [6, 6.07) is 0.103. The van der Waals surface area contributed by atoms with Crippen LogP contribution in [0.25, 0.3) is 0 Å². The van der Waals surface area contributed by atoms with Crippen molar-refractivity contribution >= 4 is 29.5 Å². The molecule has 1 aliphatic heterocycles. The fraction of sp³-hybridized carbons (Fsp3) is 0.875. The SMILES string of the molecule is CC(C)(COC1=NOC(C(=O)NC2C3CC4CC2CC(O)(C4)C3)C1SC1CCC1)CC(N)=O. The summed E-state index contributed by atoms with van der Waals surface area (Å²) in [6.45, 7) is 4.13. The molecule has 4 N–H and O–H groups in total. The molecule has 0 aromatic carbocycles. The average molecular weight is 480 g/mol.